The van der Waals surface area contributed by atoms with Crippen LogP contribution in [0.4, 0.5) is 0 Å². The van der Waals surface area contributed by atoms with E-state index in [1.54, 1.807) is 0 Å². The maximum atomic E-state index is 12.2. The van der Waals surface area contributed by atoms with Crippen LogP contribution in [0.3, 0.4) is 0 Å². The number of fused-ring (bicyclic) bond motifs is 1. The van der Waals surface area contributed by atoms with Crippen LogP contribution >= 0.6 is 0 Å². The van der Waals surface area contributed by atoms with Crippen molar-refractivity contribution in [2.45, 2.75) is 44.1 Å². The maximum absolute atomic E-state index is 12.2. The van der Waals surface area contributed by atoms with Gasteiger partial charge in [0.15, 0.2) is 0 Å². The molecule has 0 radical (unpaired) electrons. The lowest BCUT2D eigenvalue weighted by molar-refractivity contribution is -0.129. The minimum absolute atomic E-state index is 0.232. The Bertz CT molecular complexity index is 609. The van der Waals surface area contributed by atoms with Gasteiger partial charge < -0.3 is 9.88 Å². The molecule has 0 spiro atoms. The van der Waals surface area contributed by atoms with Crippen molar-refractivity contribution >= 4 is 16.9 Å². The molecule has 1 atom stereocenters. The van der Waals surface area contributed by atoms with Gasteiger partial charge in [-0.1, -0.05) is 25.0 Å². The molecular weight excluding hydrogens is 250 g/mol. The van der Waals surface area contributed by atoms with Crippen molar-refractivity contribution in [1.82, 2.24) is 14.9 Å². The number of rotatable bonds is 2. The van der Waals surface area contributed by atoms with Crippen LogP contribution in [0, 0.1) is 0 Å². The van der Waals surface area contributed by atoms with Gasteiger partial charge in [0, 0.05) is 24.9 Å². The highest BCUT2D eigenvalue weighted by atomic mass is 16.2. The van der Waals surface area contributed by atoms with Crippen LogP contribution < -0.4 is 0 Å². The number of nitrogens with zero attached hydrogens (tertiary/aromatic N) is 2. The van der Waals surface area contributed by atoms with E-state index < -0.39 is 0 Å². The molecule has 1 aromatic heterocycles. The number of nitrogens with one attached hydrogen (secondary N) is 1. The number of hydrogen-bond donors (Lipinski definition) is 1. The first kappa shape index (κ1) is 11.9. The predicted molar refractivity (Wildman–Crippen MR) is 77.4 cm³/mol. The van der Waals surface area contributed by atoms with Crippen molar-refractivity contribution in [2.24, 2.45) is 0 Å². The van der Waals surface area contributed by atoms with Crippen molar-refractivity contribution in [1.29, 1.82) is 0 Å². The third kappa shape index (κ3) is 1.90. The van der Waals surface area contributed by atoms with Gasteiger partial charge in [-0.25, -0.2) is 4.98 Å². The van der Waals surface area contributed by atoms with Crippen molar-refractivity contribution in [3.63, 3.8) is 0 Å². The lowest BCUT2D eigenvalue weighted by Gasteiger charge is -2.23. The van der Waals surface area contributed by atoms with Crippen molar-refractivity contribution in [2.75, 3.05) is 6.54 Å². The van der Waals surface area contributed by atoms with Gasteiger partial charge in [0.2, 0.25) is 5.91 Å². The van der Waals surface area contributed by atoms with E-state index in [0.717, 1.165) is 23.4 Å². The van der Waals surface area contributed by atoms with Crippen LogP contribution in [-0.2, 0) is 4.79 Å². The zero-order chi connectivity index (χ0) is 13.5. The summed E-state index contributed by atoms with van der Waals surface area (Å²) in [5.41, 5.74) is 2.06. The first-order valence-corrected chi connectivity index (χ1v) is 7.55. The highest BCUT2D eigenvalue weighted by molar-refractivity contribution is 5.80. The SMILES string of the molecule is O=C1C[C@H](c2nc3ccccc3[nH]2)CN1C1CCCC1. The van der Waals surface area contributed by atoms with Crippen LogP contribution in [-0.4, -0.2) is 33.4 Å². The Labute approximate surface area is 118 Å². The molecule has 20 heavy (non-hydrogen) atoms. The molecule has 2 aromatic rings. The molecule has 1 saturated heterocycles. The Balaban J connectivity index is 1.58. The monoisotopic (exact) mass is 269 g/mol. The Morgan fingerprint density at radius 2 is 2.00 bits per heavy atom. The fourth-order valence-corrected chi connectivity index (χ4v) is 3.65. The highest BCUT2D eigenvalue weighted by Crippen LogP contribution is 2.33. The van der Waals surface area contributed by atoms with Crippen molar-refractivity contribution in [3.05, 3.63) is 30.1 Å². The third-order valence-electron chi connectivity index (χ3n) is 4.72. The summed E-state index contributed by atoms with van der Waals surface area (Å²) in [6.45, 7) is 0.837. The van der Waals surface area contributed by atoms with Gasteiger partial charge in [0.05, 0.1) is 11.0 Å². The second-order valence-corrected chi connectivity index (χ2v) is 6.02. The van der Waals surface area contributed by atoms with Gasteiger partial charge >= 0.3 is 0 Å². The summed E-state index contributed by atoms with van der Waals surface area (Å²) in [4.78, 5) is 22.4. The van der Waals surface area contributed by atoms with Gasteiger partial charge in [-0.2, -0.15) is 0 Å². The molecule has 1 aliphatic carbocycles. The molecule has 4 rings (SSSR count). The number of carbonyl (C=O) groups is 1. The first-order chi connectivity index (χ1) is 9.81. The fraction of sp³-hybridized carbons (Fsp3) is 0.500. The van der Waals surface area contributed by atoms with E-state index in [9.17, 15) is 4.79 Å². The second kappa shape index (κ2) is 4.62. The minimum Gasteiger partial charge on any atom is -0.342 e. The summed E-state index contributed by atoms with van der Waals surface area (Å²) < 4.78 is 0. The summed E-state index contributed by atoms with van der Waals surface area (Å²) in [5.74, 6) is 1.51. The summed E-state index contributed by atoms with van der Waals surface area (Å²) in [5, 5.41) is 0. The van der Waals surface area contributed by atoms with Crippen LogP contribution in [0.1, 0.15) is 43.8 Å². The summed E-state index contributed by atoms with van der Waals surface area (Å²) in [7, 11) is 0. The molecule has 104 valence electrons. The molecular formula is C16H19N3O. The molecule has 1 aromatic carbocycles. The number of aromatic nitrogens is 2. The van der Waals surface area contributed by atoms with Gasteiger partial charge in [-0.15, -0.1) is 0 Å². The fourth-order valence-electron chi connectivity index (χ4n) is 3.65. The lowest BCUT2D eigenvalue weighted by atomic mass is 10.1. The van der Waals surface area contributed by atoms with E-state index in [0.29, 0.717) is 18.4 Å². The van der Waals surface area contributed by atoms with Crippen LogP contribution in [0.5, 0.6) is 0 Å². The summed E-state index contributed by atoms with van der Waals surface area (Å²) >= 11 is 0. The molecule has 4 nitrogen and oxygen atoms in total. The molecule has 2 aliphatic rings. The minimum atomic E-state index is 0.232. The number of amides is 1. The van der Waals surface area contributed by atoms with Gasteiger partial charge in [-0.05, 0) is 25.0 Å². The third-order valence-corrected chi connectivity index (χ3v) is 4.72. The number of imidazole rings is 1. The Kier molecular flexibility index (Phi) is 2.76. The maximum Gasteiger partial charge on any atom is 0.223 e. The zero-order valence-corrected chi connectivity index (χ0v) is 11.5. The van der Waals surface area contributed by atoms with Crippen molar-refractivity contribution < 1.29 is 4.79 Å². The van der Waals surface area contributed by atoms with E-state index >= 15 is 0 Å². The van der Waals surface area contributed by atoms with Gasteiger partial charge in [-0.3, -0.25) is 4.79 Å². The Morgan fingerprint density at radius 3 is 2.80 bits per heavy atom. The van der Waals surface area contributed by atoms with Gasteiger partial charge in [0.25, 0.3) is 0 Å². The molecule has 1 amide bonds. The largest absolute Gasteiger partial charge is 0.342 e. The molecule has 2 heterocycles. The smallest absolute Gasteiger partial charge is 0.223 e. The predicted octanol–water partition coefficient (Wildman–Crippen LogP) is 2.82. The Hall–Kier alpha value is -1.84. The van der Waals surface area contributed by atoms with E-state index in [1.807, 2.05) is 24.3 Å². The second-order valence-electron chi connectivity index (χ2n) is 6.02. The summed E-state index contributed by atoms with van der Waals surface area (Å²) in [6.07, 6.45) is 5.50. The number of H-pyrrole nitrogens is 1. The number of aromatic amines is 1. The standard InChI is InChI=1S/C16H19N3O/c20-15-9-11(10-19(15)12-5-1-2-6-12)16-17-13-7-3-4-8-14(13)18-16/h3-4,7-8,11-12H,1-2,5-6,9-10H2,(H,17,18)/t11-/m0/s1. The van der Waals surface area contributed by atoms with Crippen LogP contribution in [0.15, 0.2) is 24.3 Å². The normalized spacial score (nSPS) is 24.1. The Morgan fingerprint density at radius 1 is 1.20 bits per heavy atom. The van der Waals surface area contributed by atoms with Gasteiger partial charge in [0.1, 0.15) is 5.82 Å². The topological polar surface area (TPSA) is 49.0 Å². The van der Waals surface area contributed by atoms with Crippen LogP contribution in [0.25, 0.3) is 11.0 Å². The van der Waals surface area contributed by atoms with Crippen molar-refractivity contribution in [3.8, 4) is 0 Å². The number of carbonyl (C=O) groups excluding carboxylic acids is 1. The molecule has 0 bridgehead atoms. The quantitative estimate of drug-likeness (QED) is 0.911. The van der Waals surface area contributed by atoms with Crippen LogP contribution in [0.2, 0.25) is 0 Å². The molecule has 1 aliphatic heterocycles. The summed E-state index contributed by atoms with van der Waals surface area (Å²) in [6, 6.07) is 8.54. The number of benzene rings is 1. The number of para-hydroxylation sites is 2. The molecule has 0 unspecified atom stereocenters. The average Bonchev–Trinajstić information content (AvgIpc) is 3.16. The molecule has 1 saturated carbocycles. The number of hydrogen-bond acceptors (Lipinski definition) is 2. The number of likely N-dealkylation sites (tertiary alicyclic amines) is 1. The first-order valence-electron chi connectivity index (χ1n) is 7.55. The van der Waals surface area contributed by atoms with E-state index in [2.05, 4.69) is 14.9 Å². The lowest BCUT2D eigenvalue weighted by Crippen LogP contribution is -2.34. The zero-order valence-electron chi connectivity index (χ0n) is 11.5. The highest BCUT2D eigenvalue weighted by Gasteiger charge is 2.37. The van der Waals surface area contributed by atoms with E-state index in [-0.39, 0.29) is 5.92 Å². The van der Waals surface area contributed by atoms with E-state index in [4.69, 9.17) is 0 Å². The molecule has 2 fully saturated rings. The molecule has 4 heteroatoms. The molecule has 1 N–H and O–H groups in total. The van der Waals surface area contributed by atoms with E-state index in [1.165, 1.54) is 25.7 Å². The average molecular weight is 269 g/mol.